The highest BCUT2D eigenvalue weighted by atomic mass is 32.1. The molecule has 0 bridgehead atoms. The van der Waals surface area contributed by atoms with Crippen LogP contribution in [0.3, 0.4) is 0 Å². The Morgan fingerprint density at radius 2 is 1.17 bits per heavy atom. The quantitative estimate of drug-likeness (QED) is 0.163. The van der Waals surface area contributed by atoms with Crippen molar-refractivity contribution in [2.75, 3.05) is 9.80 Å². The summed E-state index contributed by atoms with van der Waals surface area (Å²) in [5.41, 5.74) is 22.8. The second-order valence-corrected chi connectivity index (χ2v) is 25.9. The van der Waals surface area contributed by atoms with E-state index in [0.717, 1.165) is 6.54 Å². The fourth-order valence-electron chi connectivity index (χ4n) is 11.8. The highest BCUT2D eigenvalue weighted by molar-refractivity contribution is 7.29. The molecule has 0 fully saturated rings. The Balaban J connectivity index is 1.30. The van der Waals surface area contributed by atoms with E-state index in [9.17, 15) is 0 Å². The molecule has 330 valence electrons. The van der Waals surface area contributed by atoms with E-state index in [2.05, 4.69) is 222 Å². The summed E-state index contributed by atoms with van der Waals surface area (Å²) in [5, 5.41) is 0. The molecular formula is C60H71BN2S. The SMILES string of the molecule is Cc1cc2c3c(c1)N(c1ccc(C(C)(C)C)cc1)c1c(sc4c1C(C)(C)CCC4(C)C)B3c1cc3c(cc1N2Cc1ccc(C(C)(C)C)cc1-c1ccccc1)C(C)(C)CCC3(C)C. The first-order chi connectivity index (χ1) is 29.9. The Kier molecular flexibility index (Phi) is 9.64. The molecule has 0 saturated heterocycles. The molecule has 5 aromatic carbocycles. The zero-order valence-corrected chi connectivity index (χ0v) is 42.5. The molecule has 4 aliphatic rings. The molecule has 2 aliphatic carbocycles. The number of hydrogen-bond acceptors (Lipinski definition) is 3. The minimum Gasteiger partial charge on any atom is -0.338 e. The average molecular weight is 863 g/mol. The van der Waals surface area contributed by atoms with Gasteiger partial charge in [0.05, 0.1) is 5.69 Å². The summed E-state index contributed by atoms with van der Waals surface area (Å²) in [5.74, 6) is 0. The smallest absolute Gasteiger partial charge is 0.264 e. The Morgan fingerprint density at radius 1 is 0.594 bits per heavy atom. The topological polar surface area (TPSA) is 6.48 Å². The van der Waals surface area contributed by atoms with Gasteiger partial charge in [-0.3, -0.25) is 0 Å². The Labute approximate surface area is 390 Å². The van der Waals surface area contributed by atoms with Crippen LogP contribution in [0.4, 0.5) is 28.4 Å². The van der Waals surface area contributed by atoms with Crippen molar-refractivity contribution < 1.29 is 0 Å². The lowest BCUT2D eigenvalue weighted by Gasteiger charge is -2.47. The van der Waals surface area contributed by atoms with E-state index in [-0.39, 0.29) is 39.2 Å². The van der Waals surface area contributed by atoms with Crippen molar-refractivity contribution in [2.45, 2.75) is 169 Å². The number of thiophene rings is 1. The lowest BCUT2D eigenvalue weighted by Crippen LogP contribution is -2.61. The van der Waals surface area contributed by atoms with Crippen molar-refractivity contribution in [1.29, 1.82) is 0 Å². The Hall–Kier alpha value is -4.54. The zero-order chi connectivity index (χ0) is 45.7. The normalized spacial score (nSPS) is 18.8. The maximum Gasteiger partial charge on any atom is 0.264 e. The van der Waals surface area contributed by atoms with Gasteiger partial charge in [0.1, 0.15) is 0 Å². The van der Waals surface area contributed by atoms with Crippen molar-refractivity contribution in [1.82, 2.24) is 0 Å². The van der Waals surface area contributed by atoms with E-state index < -0.39 is 0 Å². The molecule has 64 heavy (non-hydrogen) atoms. The van der Waals surface area contributed by atoms with Crippen molar-refractivity contribution in [3.05, 3.63) is 141 Å². The molecule has 2 nitrogen and oxygen atoms in total. The molecule has 0 spiro atoms. The molecule has 6 aromatic rings. The second-order valence-electron chi connectivity index (χ2n) is 24.9. The van der Waals surface area contributed by atoms with Crippen LogP contribution in [-0.4, -0.2) is 6.71 Å². The minimum absolute atomic E-state index is 0.0370. The van der Waals surface area contributed by atoms with Gasteiger partial charge in [-0.2, -0.15) is 11.3 Å². The van der Waals surface area contributed by atoms with Crippen molar-refractivity contribution in [3.63, 3.8) is 0 Å². The molecular weight excluding hydrogens is 792 g/mol. The monoisotopic (exact) mass is 863 g/mol. The van der Waals surface area contributed by atoms with Crippen LogP contribution in [0.2, 0.25) is 0 Å². The maximum absolute atomic E-state index is 2.75. The summed E-state index contributed by atoms with van der Waals surface area (Å²) in [4.78, 5) is 7.07. The average Bonchev–Trinajstić information content (AvgIpc) is 3.65. The van der Waals surface area contributed by atoms with Crippen LogP contribution in [0.5, 0.6) is 0 Å². The van der Waals surface area contributed by atoms with E-state index >= 15 is 0 Å². The lowest BCUT2D eigenvalue weighted by atomic mass is 9.35. The van der Waals surface area contributed by atoms with Gasteiger partial charge in [0.25, 0.3) is 6.71 Å². The number of anilines is 5. The van der Waals surface area contributed by atoms with Crippen molar-refractivity contribution >= 4 is 62.2 Å². The van der Waals surface area contributed by atoms with Crippen molar-refractivity contribution in [2.24, 2.45) is 0 Å². The summed E-state index contributed by atoms with van der Waals surface area (Å²) in [7, 11) is 0. The van der Waals surface area contributed by atoms with Crippen LogP contribution in [0.25, 0.3) is 11.1 Å². The van der Waals surface area contributed by atoms with Crippen LogP contribution < -0.4 is 25.5 Å². The van der Waals surface area contributed by atoms with Crippen LogP contribution in [-0.2, 0) is 39.0 Å². The van der Waals surface area contributed by atoms with Gasteiger partial charge in [-0.15, -0.1) is 0 Å². The van der Waals surface area contributed by atoms with Gasteiger partial charge in [-0.25, -0.2) is 0 Å². The Bertz CT molecular complexity index is 2840. The van der Waals surface area contributed by atoms with Gasteiger partial charge in [-0.1, -0.05) is 164 Å². The first-order valence-corrected chi connectivity index (χ1v) is 25.1. The zero-order valence-electron chi connectivity index (χ0n) is 41.7. The van der Waals surface area contributed by atoms with Crippen LogP contribution >= 0.6 is 11.3 Å². The van der Waals surface area contributed by atoms with Gasteiger partial charge < -0.3 is 9.80 Å². The first-order valence-electron chi connectivity index (χ1n) is 24.3. The summed E-state index contributed by atoms with van der Waals surface area (Å²) in [6, 6.07) is 38.5. The third-order valence-electron chi connectivity index (χ3n) is 16.1. The van der Waals surface area contributed by atoms with E-state index in [0.29, 0.717) is 0 Å². The molecule has 1 aromatic heterocycles. The molecule has 4 heteroatoms. The minimum atomic E-state index is 0.0370. The summed E-state index contributed by atoms with van der Waals surface area (Å²) < 4.78 is 1.53. The molecule has 0 atom stereocenters. The fraction of sp³-hybridized carbons (Fsp3) is 0.433. The molecule has 0 amide bonds. The van der Waals surface area contributed by atoms with Gasteiger partial charge >= 0.3 is 0 Å². The van der Waals surface area contributed by atoms with Gasteiger partial charge in [0.2, 0.25) is 0 Å². The van der Waals surface area contributed by atoms with Gasteiger partial charge in [0, 0.05) is 38.9 Å². The molecule has 0 saturated carbocycles. The van der Waals surface area contributed by atoms with E-state index in [1.165, 1.54) is 109 Å². The van der Waals surface area contributed by atoms with Gasteiger partial charge in [0.15, 0.2) is 0 Å². The summed E-state index contributed by atoms with van der Waals surface area (Å²) in [6.07, 6.45) is 4.77. The Morgan fingerprint density at radius 3 is 1.81 bits per heavy atom. The lowest BCUT2D eigenvalue weighted by molar-refractivity contribution is 0.332. The number of hydrogen-bond donors (Lipinski definition) is 0. The number of rotatable bonds is 4. The number of benzene rings is 5. The molecule has 0 N–H and O–H groups in total. The van der Waals surface area contributed by atoms with Crippen molar-refractivity contribution in [3.8, 4) is 11.1 Å². The molecule has 3 heterocycles. The third-order valence-corrected chi connectivity index (χ3v) is 17.8. The first kappa shape index (κ1) is 43.4. The summed E-state index contributed by atoms with van der Waals surface area (Å²) in [6.45, 7) is 37.3. The van der Waals surface area contributed by atoms with Crippen LogP contribution in [0.1, 0.15) is 166 Å². The predicted octanol–water partition coefficient (Wildman–Crippen LogP) is 15.0. The number of fused-ring (bicyclic) bond motifs is 7. The predicted molar refractivity (Wildman–Crippen MR) is 281 cm³/mol. The van der Waals surface area contributed by atoms with E-state index in [4.69, 9.17) is 0 Å². The number of nitrogens with zero attached hydrogens (tertiary/aromatic N) is 2. The molecule has 0 radical (unpaired) electrons. The molecule has 2 aliphatic heterocycles. The molecule has 10 rings (SSSR count). The standard InChI is InChI=1S/C60H71BN2S/c1-37-31-48-51-49(32-37)63(42-25-23-40(24-26-42)55(2,3)4)52-50-53(60(14,15)30-29-59(50,12)13)64-54(52)61(51)46-34-44-45(58(10,11)28-27-57(44,8)9)35-47(46)62(48)36-39-21-22-41(56(5,6)7)33-43(39)38-19-17-16-18-20-38/h16-26,31-35H,27-30,36H2,1-15H3. The maximum atomic E-state index is 2.75. The second kappa shape index (κ2) is 14.2. The van der Waals surface area contributed by atoms with Crippen LogP contribution in [0, 0.1) is 6.92 Å². The summed E-state index contributed by atoms with van der Waals surface area (Å²) >= 11 is 2.15. The number of aryl methyl sites for hydroxylation is 1. The van der Waals surface area contributed by atoms with Crippen LogP contribution in [0.15, 0.2) is 97.1 Å². The fourth-order valence-corrected chi connectivity index (χ4v) is 13.6. The van der Waals surface area contributed by atoms with E-state index in [1.54, 1.807) is 16.0 Å². The highest BCUT2D eigenvalue weighted by Crippen LogP contribution is 2.57. The highest BCUT2D eigenvalue weighted by Gasteiger charge is 2.51. The third kappa shape index (κ3) is 6.77. The van der Waals surface area contributed by atoms with E-state index in [1.807, 2.05) is 0 Å². The molecule has 0 unspecified atom stereocenters. The van der Waals surface area contributed by atoms with Gasteiger partial charge in [-0.05, 0) is 156 Å². The largest absolute Gasteiger partial charge is 0.338 e.